The Balaban J connectivity index is 1.77. The molecule has 0 spiro atoms. The molecule has 0 bridgehead atoms. The van der Waals surface area contributed by atoms with Gasteiger partial charge in [-0.3, -0.25) is 0 Å². The van der Waals surface area contributed by atoms with Gasteiger partial charge >= 0.3 is 6.03 Å². The van der Waals surface area contributed by atoms with Crippen LogP contribution in [0.4, 0.5) is 10.5 Å². The second-order valence-corrected chi connectivity index (χ2v) is 5.16. The van der Waals surface area contributed by atoms with E-state index in [0.29, 0.717) is 12.5 Å². The predicted octanol–water partition coefficient (Wildman–Crippen LogP) is 1.22. The van der Waals surface area contributed by atoms with E-state index in [0.717, 1.165) is 37.3 Å². The summed E-state index contributed by atoms with van der Waals surface area (Å²) in [6.45, 7) is 3.38. The highest BCUT2D eigenvalue weighted by atomic mass is 16.2. The van der Waals surface area contributed by atoms with E-state index in [-0.39, 0.29) is 6.03 Å². The normalized spacial score (nSPS) is 19.4. The van der Waals surface area contributed by atoms with Crippen LogP contribution < -0.4 is 16.4 Å². The lowest BCUT2D eigenvalue weighted by molar-refractivity contribution is 0.250. The Labute approximate surface area is 114 Å². The Morgan fingerprint density at radius 3 is 3.05 bits per heavy atom. The maximum absolute atomic E-state index is 11.8. The summed E-state index contributed by atoms with van der Waals surface area (Å²) in [6, 6.07) is 7.44. The molecule has 4 N–H and O–H groups in total. The van der Waals surface area contributed by atoms with E-state index in [1.807, 2.05) is 24.3 Å². The molecule has 2 amide bonds. The number of carbonyl (C=O) groups is 1. The molecule has 1 unspecified atom stereocenters. The molecule has 0 saturated carbocycles. The summed E-state index contributed by atoms with van der Waals surface area (Å²) >= 11 is 0. The van der Waals surface area contributed by atoms with Gasteiger partial charge in [-0.15, -0.1) is 0 Å². The minimum Gasteiger partial charge on any atom is -0.338 e. The Morgan fingerprint density at radius 2 is 2.37 bits per heavy atom. The summed E-state index contributed by atoms with van der Waals surface area (Å²) in [5, 5.41) is 5.76. The van der Waals surface area contributed by atoms with Crippen molar-refractivity contribution in [3.8, 4) is 0 Å². The molecule has 1 atom stereocenters. The molecule has 2 rings (SSSR count). The van der Waals surface area contributed by atoms with Crippen molar-refractivity contribution in [1.29, 1.82) is 0 Å². The Hall–Kier alpha value is -1.59. The lowest BCUT2D eigenvalue weighted by atomic mass is 10.1. The fraction of sp³-hybridized carbons (Fsp3) is 0.500. The van der Waals surface area contributed by atoms with E-state index in [2.05, 4.69) is 22.6 Å². The number of nitrogens with one attached hydrogen (secondary N) is 2. The van der Waals surface area contributed by atoms with E-state index < -0.39 is 0 Å². The number of nitrogens with zero attached hydrogens (tertiary/aromatic N) is 1. The summed E-state index contributed by atoms with van der Waals surface area (Å²) < 4.78 is 0. The molecule has 1 saturated heterocycles. The second-order valence-electron chi connectivity index (χ2n) is 5.16. The van der Waals surface area contributed by atoms with Crippen molar-refractivity contribution in [3.63, 3.8) is 0 Å². The SMILES string of the molecule is CN1CCC(CNC(=O)Nc2cccc(CN)c2)C1. The number of anilines is 1. The van der Waals surface area contributed by atoms with Crippen LogP contribution in [0, 0.1) is 5.92 Å². The van der Waals surface area contributed by atoms with Crippen molar-refractivity contribution in [2.24, 2.45) is 11.7 Å². The number of benzene rings is 1. The van der Waals surface area contributed by atoms with Crippen molar-refractivity contribution < 1.29 is 4.79 Å². The predicted molar refractivity (Wildman–Crippen MR) is 77.0 cm³/mol. The van der Waals surface area contributed by atoms with Gasteiger partial charge in [0.05, 0.1) is 0 Å². The average Bonchev–Trinajstić information content (AvgIpc) is 2.82. The summed E-state index contributed by atoms with van der Waals surface area (Å²) in [6.07, 6.45) is 1.15. The van der Waals surface area contributed by atoms with Gasteiger partial charge in [0.25, 0.3) is 0 Å². The van der Waals surface area contributed by atoms with Crippen LogP contribution in [0.15, 0.2) is 24.3 Å². The summed E-state index contributed by atoms with van der Waals surface area (Å²) in [7, 11) is 2.11. The molecule has 19 heavy (non-hydrogen) atoms. The molecule has 0 aliphatic carbocycles. The van der Waals surface area contributed by atoms with Crippen LogP contribution >= 0.6 is 0 Å². The third kappa shape index (κ3) is 4.22. The van der Waals surface area contributed by atoms with Crippen LogP contribution in [-0.4, -0.2) is 37.6 Å². The molecule has 1 aliphatic rings. The Kier molecular flexibility index (Phi) is 4.76. The first kappa shape index (κ1) is 13.8. The van der Waals surface area contributed by atoms with Gasteiger partial charge in [0, 0.05) is 25.3 Å². The van der Waals surface area contributed by atoms with E-state index in [4.69, 9.17) is 5.73 Å². The van der Waals surface area contributed by atoms with Crippen LogP contribution in [0.25, 0.3) is 0 Å². The van der Waals surface area contributed by atoms with Crippen molar-refractivity contribution in [3.05, 3.63) is 29.8 Å². The molecule has 1 fully saturated rings. The van der Waals surface area contributed by atoms with Gasteiger partial charge in [-0.1, -0.05) is 12.1 Å². The third-order valence-electron chi connectivity index (χ3n) is 3.46. The summed E-state index contributed by atoms with van der Waals surface area (Å²) in [4.78, 5) is 14.1. The molecule has 5 heteroatoms. The minimum absolute atomic E-state index is 0.149. The fourth-order valence-electron chi connectivity index (χ4n) is 2.38. The van der Waals surface area contributed by atoms with E-state index in [9.17, 15) is 4.79 Å². The van der Waals surface area contributed by atoms with Gasteiger partial charge in [0.1, 0.15) is 0 Å². The highest BCUT2D eigenvalue weighted by molar-refractivity contribution is 5.89. The number of urea groups is 1. The molecule has 1 aliphatic heterocycles. The molecule has 0 radical (unpaired) electrons. The monoisotopic (exact) mass is 262 g/mol. The van der Waals surface area contributed by atoms with Gasteiger partial charge in [-0.2, -0.15) is 0 Å². The molecule has 0 aromatic heterocycles. The van der Waals surface area contributed by atoms with Crippen LogP contribution in [-0.2, 0) is 6.54 Å². The van der Waals surface area contributed by atoms with Crippen LogP contribution in [0.1, 0.15) is 12.0 Å². The van der Waals surface area contributed by atoms with Gasteiger partial charge in [0.2, 0.25) is 0 Å². The fourth-order valence-corrected chi connectivity index (χ4v) is 2.38. The van der Waals surface area contributed by atoms with E-state index in [1.54, 1.807) is 0 Å². The zero-order chi connectivity index (χ0) is 13.7. The molecule has 1 aromatic rings. The van der Waals surface area contributed by atoms with E-state index in [1.165, 1.54) is 0 Å². The van der Waals surface area contributed by atoms with Gasteiger partial charge in [-0.05, 0) is 43.6 Å². The zero-order valence-corrected chi connectivity index (χ0v) is 11.4. The van der Waals surface area contributed by atoms with Crippen molar-refractivity contribution in [2.75, 3.05) is 32.0 Å². The van der Waals surface area contributed by atoms with E-state index >= 15 is 0 Å². The molecule has 104 valence electrons. The maximum Gasteiger partial charge on any atom is 0.319 e. The van der Waals surface area contributed by atoms with Crippen molar-refractivity contribution >= 4 is 11.7 Å². The second kappa shape index (κ2) is 6.54. The van der Waals surface area contributed by atoms with Crippen LogP contribution in [0.2, 0.25) is 0 Å². The number of hydrogen-bond acceptors (Lipinski definition) is 3. The first-order valence-electron chi connectivity index (χ1n) is 6.70. The maximum atomic E-state index is 11.8. The number of likely N-dealkylation sites (tertiary alicyclic amines) is 1. The summed E-state index contributed by atoms with van der Waals surface area (Å²) in [5.41, 5.74) is 7.36. The average molecular weight is 262 g/mol. The lowest BCUT2D eigenvalue weighted by Gasteiger charge is -2.12. The standard InChI is InChI=1S/C14H22N4O/c1-18-6-5-12(10-18)9-16-14(19)17-13-4-2-3-11(7-13)8-15/h2-4,7,12H,5-6,8-10,15H2,1H3,(H2,16,17,19). The topological polar surface area (TPSA) is 70.4 Å². The Morgan fingerprint density at radius 1 is 1.53 bits per heavy atom. The number of nitrogens with two attached hydrogens (primary N) is 1. The van der Waals surface area contributed by atoms with Crippen molar-refractivity contribution in [2.45, 2.75) is 13.0 Å². The molecule has 1 heterocycles. The molecular weight excluding hydrogens is 240 g/mol. The molecule has 5 nitrogen and oxygen atoms in total. The largest absolute Gasteiger partial charge is 0.338 e. The highest BCUT2D eigenvalue weighted by Gasteiger charge is 2.19. The molecule has 1 aromatic carbocycles. The number of hydrogen-bond donors (Lipinski definition) is 3. The Bertz CT molecular complexity index is 435. The summed E-state index contributed by atoms with van der Waals surface area (Å²) in [5.74, 6) is 0.561. The van der Waals surface area contributed by atoms with Crippen LogP contribution in [0.5, 0.6) is 0 Å². The van der Waals surface area contributed by atoms with Gasteiger partial charge < -0.3 is 21.3 Å². The van der Waals surface area contributed by atoms with Gasteiger partial charge in [0.15, 0.2) is 0 Å². The zero-order valence-electron chi connectivity index (χ0n) is 11.4. The highest BCUT2D eigenvalue weighted by Crippen LogP contribution is 2.13. The number of rotatable bonds is 4. The van der Waals surface area contributed by atoms with Crippen molar-refractivity contribution in [1.82, 2.24) is 10.2 Å². The smallest absolute Gasteiger partial charge is 0.319 e. The third-order valence-corrected chi connectivity index (χ3v) is 3.46. The molecular formula is C14H22N4O. The first-order valence-corrected chi connectivity index (χ1v) is 6.70. The lowest BCUT2D eigenvalue weighted by Crippen LogP contribution is -2.33. The number of amides is 2. The number of carbonyl (C=O) groups excluding carboxylic acids is 1. The van der Waals surface area contributed by atoms with Gasteiger partial charge in [-0.25, -0.2) is 4.79 Å². The minimum atomic E-state index is -0.149. The first-order chi connectivity index (χ1) is 9.17. The van der Waals surface area contributed by atoms with Crippen LogP contribution in [0.3, 0.4) is 0 Å². The quantitative estimate of drug-likeness (QED) is 0.764.